The van der Waals surface area contributed by atoms with Gasteiger partial charge in [-0.05, 0) is 37.2 Å². The van der Waals surface area contributed by atoms with Crippen molar-refractivity contribution in [3.63, 3.8) is 0 Å². The van der Waals surface area contributed by atoms with E-state index in [1.807, 2.05) is 37.4 Å². The number of carbonyl (C=O) groups excluding carboxylic acids is 1. The van der Waals surface area contributed by atoms with E-state index in [1.165, 1.54) is 0 Å². The standard InChI is InChI=1S/C19H27BrN4O2Si/c1-12(26-27(5,6)19(2,3)4)16-17(21-18(16)25)24-11-15(22-23-24)13-8-7-9-14(20)10-13/h7-12,16-17H,1-6H3,(H,21,25)/t12-,16-,17-/m1/s1. The minimum atomic E-state index is -1.96. The second-order valence-electron chi connectivity index (χ2n) is 8.66. The Morgan fingerprint density at radius 3 is 2.63 bits per heavy atom. The molecule has 27 heavy (non-hydrogen) atoms. The van der Waals surface area contributed by atoms with Gasteiger partial charge in [-0.15, -0.1) is 5.10 Å². The van der Waals surface area contributed by atoms with Crippen molar-refractivity contribution in [1.82, 2.24) is 20.3 Å². The van der Waals surface area contributed by atoms with Gasteiger partial charge in [0.1, 0.15) is 17.8 Å². The summed E-state index contributed by atoms with van der Waals surface area (Å²) >= 11 is 3.48. The average molecular weight is 451 g/mol. The highest BCUT2D eigenvalue weighted by atomic mass is 79.9. The lowest BCUT2D eigenvalue weighted by Gasteiger charge is -2.45. The zero-order chi connectivity index (χ0) is 20.0. The first-order chi connectivity index (χ1) is 12.5. The third-order valence-electron chi connectivity index (χ3n) is 5.64. The number of aromatic nitrogens is 3. The van der Waals surface area contributed by atoms with E-state index in [9.17, 15) is 4.79 Å². The minimum absolute atomic E-state index is 0.00529. The van der Waals surface area contributed by atoms with Crippen LogP contribution in [0.25, 0.3) is 11.3 Å². The predicted octanol–water partition coefficient (Wildman–Crippen LogP) is 4.36. The number of rotatable bonds is 5. The van der Waals surface area contributed by atoms with Crippen LogP contribution in [0.1, 0.15) is 33.9 Å². The molecule has 6 nitrogen and oxygen atoms in total. The second-order valence-corrected chi connectivity index (χ2v) is 14.3. The molecule has 0 unspecified atom stereocenters. The van der Waals surface area contributed by atoms with Crippen molar-refractivity contribution < 1.29 is 9.22 Å². The minimum Gasteiger partial charge on any atom is -0.413 e. The van der Waals surface area contributed by atoms with Crippen LogP contribution in [0, 0.1) is 5.92 Å². The van der Waals surface area contributed by atoms with Gasteiger partial charge in [-0.2, -0.15) is 0 Å². The van der Waals surface area contributed by atoms with Crippen LogP contribution in [0.5, 0.6) is 0 Å². The maximum Gasteiger partial charge on any atom is 0.231 e. The predicted molar refractivity (Wildman–Crippen MR) is 112 cm³/mol. The van der Waals surface area contributed by atoms with Crippen LogP contribution >= 0.6 is 15.9 Å². The molecule has 1 saturated heterocycles. The summed E-state index contributed by atoms with van der Waals surface area (Å²) in [5.41, 5.74) is 1.75. The van der Waals surface area contributed by atoms with Crippen LogP contribution in [-0.4, -0.2) is 35.3 Å². The number of nitrogens with zero attached hydrogens (tertiary/aromatic N) is 3. The third kappa shape index (κ3) is 4.02. The summed E-state index contributed by atoms with van der Waals surface area (Å²) in [6.45, 7) is 13.0. The Labute approximate surface area is 169 Å². The molecule has 1 fully saturated rings. The summed E-state index contributed by atoms with van der Waals surface area (Å²) in [5, 5.41) is 11.6. The maximum absolute atomic E-state index is 12.3. The molecule has 1 amide bonds. The molecule has 1 aliphatic rings. The first-order valence-electron chi connectivity index (χ1n) is 9.15. The lowest BCUT2D eigenvalue weighted by Crippen LogP contribution is -2.60. The highest BCUT2D eigenvalue weighted by molar-refractivity contribution is 9.10. The first-order valence-corrected chi connectivity index (χ1v) is 12.9. The van der Waals surface area contributed by atoms with Crippen molar-refractivity contribution in [2.75, 3.05) is 0 Å². The van der Waals surface area contributed by atoms with Crippen LogP contribution in [0.2, 0.25) is 18.1 Å². The second kappa shape index (κ2) is 7.14. The molecular weight excluding hydrogens is 424 g/mol. The van der Waals surface area contributed by atoms with Crippen molar-refractivity contribution in [3.05, 3.63) is 34.9 Å². The van der Waals surface area contributed by atoms with Gasteiger partial charge in [0.05, 0.1) is 12.3 Å². The van der Waals surface area contributed by atoms with Gasteiger partial charge >= 0.3 is 0 Å². The largest absolute Gasteiger partial charge is 0.413 e. The highest BCUT2D eigenvalue weighted by Gasteiger charge is 2.48. The van der Waals surface area contributed by atoms with E-state index in [0.29, 0.717) is 0 Å². The molecule has 3 atom stereocenters. The number of benzene rings is 1. The van der Waals surface area contributed by atoms with E-state index in [1.54, 1.807) is 4.68 Å². The van der Waals surface area contributed by atoms with Gasteiger partial charge < -0.3 is 9.74 Å². The van der Waals surface area contributed by atoms with Crippen LogP contribution < -0.4 is 5.32 Å². The van der Waals surface area contributed by atoms with E-state index in [2.05, 4.69) is 65.4 Å². The summed E-state index contributed by atoms with van der Waals surface area (Å²) in [6, 6.07) is 7.91. The van der Waals surface area contributed by atoms with Crippen LogP contribution in [-0.2, 0) is 9.22 Å². The van der Waals surface area contributed by atoms with Gasteiger partial charge in [0.2, 0.25) is 5.91 Å². The average Bonchev–Trinajstić information content (AvgIpc) is 3.00. The van der Waals surface area contributed by atoms with Gasteiger partial charge in [0.15, 0.2) is 8.32 Å². The van der Waals surface area contributed by atoms with Gasteiger partial charge in [-0.1, -0.05) is 54.0 Å². The Morgan fingerprint density at radius 2 is 2.04 bits per heavy atom. The molecule has 2 heterocycles. The van der Waals surface area contributed by atoms with Gasteiger partial charge in [0.25, 0.3) is 0 Å². The Bertz CT molecular complexity index is 846. The lowest BCUT2D eigenvalue weighted by atomic mass is 9.92. The fraction of sp³-hybridized carbons (Fsp3) is 0.526. The SMILES string of the molecule is C[C@@H](O[Si](C)(C)C(C)(C)C)[C@H]1C(=O)N[C@@H]1n1cc(-c2cccc(Br)c2)nn1. The quantitative estimate of drug-likeness (QED) is 0.542. The Kier molecular flexibility index (Phi) is 5.35. The van der Waals surface area contributed by atoms with Crippen LogP contribution in [0.4, 0.5) is 0 Å². The van der Waals surface area contributed by atoms with Crippen molar-refractivity contribution in [2.24, 2.45) is 5.92 Å². The van der Waals surface area contributed by atoms with E-state index < -0.39 is 8.32 Å². The molecule has 0 radical (unpaired) electrons. The molecule has 146 valence electrons. The molecule has 1 aromatic carbocycles. The summed E-state index contributed by atoms with van der Waals surface area (Å²) in [5.74, 6) is -0.262. The number of halogens is 1. The zero-order valence-electron chi connectivity index (χ0n) is 16.7. The fourth-order valence-corrected chi connectivity index (χ4v) is 4.82. The summed E-state index contributed by atoms with van der Waals surface area (Å²) in [7, 11) is -1.96. The van der Waals surface area contributed by atoms with Crippen LogP contribution in [0.15, 0.2) is 34.9 Å². The van der Waals surface area contributed by atoms with E-state index in [4.69, 9.17) is 4.43 Å². The topological polar surface area (TPSA) is 69.0 Å². The van der Waals surface area contributed by atoms with Crippen molar-refractivity contribution in [1.29, 1.82) is 0 Å². The molecule has 1 aliphatic heterocycles. The van der Waals surface area contributed by atoms with Gasteiger partial charge in [0, 0.05) is 10.0 Å². The number of hydrogen-bond acceptors (Lipinski definition) is 4. The molecule has 3 rings (SSSR count). The third-order valence-corrected chi connectivity index (χ3v) is 10.7. The Hall–Kier alpha value is -1.51. The highest BCUT2D eigenvalue weighted by Crippen LogP contribution is 2.40. The number of nitrogens with one attached hydrogen (secondary N) is 1. The van der Waals surface area contributed by atoms with E-state index in [0.717, 1.165) is 15.7 Å². The van der Waals surface area contributed by atoms with Crippen molar-refractivity contribution in [3.8, 4) is 11.3 Å². The molecule has 0 saturated carbocycles. The van der Waals surface area contributed by atoms with Gasteiger partial charge in [-0.25, -0.2) is 4.68 Å². The molecular formula is C19H27BrN4O2Si. The maximum atomic E-state index is 12.3. The Morgan fingerprint density at radius 1 is 1.33 bits per heavy atom. The number of amides is 1. The number of β-lactam (4-membered cyclic amide) rings is 1. The fourth-order valence-electron chi connectivity index (χ4n) is 2.99. The van der Waals surface area contributed by atoms with E-state index in [-0.39, 0.29) is 29.1 Å². The lowest BCUT2D eigenvalue weighted by molar-refractivity contribution is -0.144. The number of carbonyl (C=O) groups is 1. The van der Waals surface area contributed by atoms with Crippen molar-refractivity contribution in [2.45, 2.75) is 58.1 Å². The molecule has 1 N–H and O–H groups in total. The normalized spacial score (nSPS) is 21.5. The Balaban J connectivity index is 1.77. The monoisotopic (exact) mass is 450 g/mol. The summed E-state index contributed by atoms with van der Waals surface area (Å²) < 4.78 is 9.16. The molecule has 8 heteroatoms. The summed E-state index contributed by atoms with van der Waals surface area (Å²) in [6.07, 6.45) is 1.46. The zero-order valence-corrected chi connectivity index (χ0v) is 19.2. The molecule has 0 spiro atoms. The first kappa shape index (κ1) is 20.2. The summed E-state index contributed by atoms with van der Waals surface area (Å²) in [4.78, 5) is 12.3. The van der Waals surface area contributed by atoms with Crippen molar-refractivity contribution >= 4 is 30.2 Å². The molecule has 0 bridgehead atoms. The van der Waals surface area contributed by atoms with Crippen LogP contribution in [0.3, 0.4) is 0 Å². The number of hydrogen-bond donors (Lipinski definition) is 1. The molecule has 1 aromatic heterocycles. The van der Waals surface area contributed by atoms with Gasteiger partial charge in [-0.3, -0.25) is 4.79 Å². The smallest absolute Gasteiger partial charge is 0.231 e. The molecule has 2 aromatic rings. The van der Waals surface area contributed by atoms with E-state index >= 15 is 0 Å². The molecule has 0 aliphatic carbocycles.